The van der Waals surface area contributed by atoms with Gasteiger partial charge in [0.1, 0.15) is 22.8 Å². The van der Waals surface area contributed by atoms with Crippen LogP contribution in [-0.2, 0) is 12.8 Å². The van der Waals surface area contributed by atoms with Crippen LogP contribution in [0.3, 0.4) is 0 Å². The lowest BCUT2D eigenvalue weighted by molar-refractivity contribution is 0.635. The lowest BCUT2D eigenvalue weighted by Gasteiger charge is -2.06. The van der Waals surface area contributed by atoms with Gasteiger partial charge in [-0.3, -0.25) is 4.98 Å². The highest BCUT2D eigenvalue weighted by Crippen LogP contribution is 2.22. The molecule has 5 aromatic rings. The van der Waals surface area contributed by atoms with Crippen LogP contribution in [0.5, 0.6) is 0 Å². The summed E-state index contributed by atoms with van der Waals surface area (Å²) in [5.41, 5.74) is 5.09. The largest absolute Gasteiger partial charge is 0.303 e. The Kier molecular flexibility index (Phi) is 3.79. The van der Waals surface area contributed by atoms with Gasteiger partial charge in [0.25, 0.3) is 0 Å². The van der Waals surface area contributed by atoms with Crippen LogP contribution < -0.4 is 0 Å². The summed E-state index contributed by atoms with van der Waals surface area (Å²) in [5.74, 6) is 0.324. The van der Waals surface area contributed by atoms with Gasteiger partial charge in [0, 0.05) is 41.0 Å². The topological polar surface area (TPSA) is 56.0 Å². The van der Waals surface area contributed by atoms with E-state index in [4.69, 9.17) is 4.98 Å². The van der Waals surface area contributed by atoms with E-state index in [1.807, 2.05) is 37.4 Å². The molecule has 6 heteroatoms. The fraction of sp³-hybridized carbons (Fsp3) is 0.182. The minimum atomic E-state index is -0.313. The maximum absolute atomic E-state index is 14.1. The summed E-state index contributed by atoms with van der Waals surface area (Å²) in [6, 6.07) is 10.9. The first-order valence-electron chi connectivity index (χ1n) is 9.25. The van der Waals surface area contributed by atoms with Crippen molar-refractivity contribution in [1.29, 1.82) is 0 Å². The molecule has 0 aliphatic rings. The zero-order valence-electron chi connectivity index (χ0n) is 15.6. The van der Waals surface area contributed by atoms with Gasteiger partial charge < -0.3 is 4.40 Å². The van der Waals surface area contributed by atoms with Crippen molar-refractivity contribution in [3.05, 3.63) is 77.5 Å². The fourth-order valence-corrected chi connectivity index (χ4v) is 3.73. The number of nitrogens with zero attached hydrogens (tertiary/aromatic N) is 5. The van der Waals surface area contributed by atoms with E-state index in [1.165, 1.54) is 6.07 Å². The SMILES string of the molecule is Cc1nc(CCc2nc3c4cccnc4ccn3c2C)nc2c(F)cccc12. The number of hydrogen-bond acceptors (Lipinski definition) is 4. The molecule has 4 aromatic heterocycles. The monoisotopic (exact) mass is 371 g/mol. The van der Waals surface area contributed by atoms with Crippen LogP contribution in [0.2, 0.25) is 0 Å². The molecule has 0 N–H and O–H groups in total. The van der Waals surface area contributed by atoms with Crippen LogP contribution in [0, 0.1) is 19.7 Å². The zero-order valence-corrected chi connectivity index (χ0v) is 15.6. The summed E-state index contributed by atoms with van der Waals surface area (Å²) in [7, 11) is 0. The minimum absolute atomic E-state index is 0.313. The van der Waals surface area contributed by atoms with Crippen molar-refractivity contribution in [3.8, 4) is 0 Å². The highest BCUT2D eigenvalue weighted by molar-refractivity contribution is 5.91. The number of benzene rings is 1. The number of pyridine rings is 2. The fourth-order valence-electron chi connectivity index (χ4n) is 3.73. The van der Waals surface area contributed by atoms with E-state index in [2.05, 4.69) is 26.3 Å². The number of hydrogen-bond donors (Lipinski definition) is 0. The Labute approximate surface area is 160 Å². The van der Waals surface area contributed by atoms with Crippen molar-refractivity contribution < 1.29 is 4.39 Å². The number of imidazole rings is 1. The van der Waals surface area contributed by atoms with E-state index in [0.717, 1.165) is 39.0 Å². The summed E-state index contributed by atoms with van der Waals surface area (Å²) in [6.07, 6.45) is 5.08. The number of halogens is 1. The third-order valence-electron chi connectivity index (χ3n) is 5.21. The lowest BCUT2D eigenvalue weighted by Crippen LogP contribution is -2.03. The van der Waals surface area contributed by atoms with Crippen molar-refractivity contribution in [2.45, 2.75) is 26.7 Å². The Morgan fingerprint density at radius 3 is 2.68 bits per heavy atom. The lowest BCUT2D eigenvalue weighted by atomic mass is 10.1. The van der Waals surface area contributed by atoms with E-state index in [-0.39, 0.29) is 5.82 Å². The first-order valence-corrected chi connectivity index (χ1v) is 9.25. The average molecular weight is 371 g/mol. The van der Waals surface area contributed by atoms with Gasteiger partial charge in [-0.2, -0.15) is 0 Å². The van der Waals surface area contributed by atoms with Gasteiger partial charge in [-0.15, -0.1) is 0 Å². The maximum atomic E-state index is 14.1. The Morgan fingerprint density at radius 1 is 0.929 bits per heavy atom. The Bertz CT molecular complexity index is 1360. The molecular weight excluding hydrogens is 353 g/mol. The molecular formula is C22H18FN5. The summed E-state index contributed by atoms with van der Waals surface area (Å²) >= 11 is 0. The molecule has 0 atom stereocenters. The molecule has 0 amide bonds. The first-order chi connectivity index (χ1) is 13.6. The molecule has 5 rings (SSSR count). The van der Waals surface area contributed by atoms with Gasteiger partial charge in [-0.05, 0) is 44.5 Å². The van der Waals surface area contributed by atoms with Crippen LogP contribution in [0.15, 0.2) is 48.8 Å². The quantitative estimate of drug-likeness (QED) is 0.473. The van der Waals surface area contributed by atoms with E-state index >= 15 is 0 Å². The molecule has 138 valence electrons. The number of aryl methyl sites for hydroxylation is 4. The smallest absolute Gasteiger partial charge is 0.149 e. The molecule has 0 bridgehead atoms. The molecule has 0 aliphatic carbocycles. The third kappa shape index (κ3) is 2.60. The standard InChI is InChI=1S/C22H18FN5/c1-13-15-5-3-7-17(23)21(15)27-20(25-13)9-8-18-14(2)28-12-10-19-16(22(28)26-18)6-4-11-24-19/h3-7,10-12H,8-9H2,1-2H3. The van der Waals surface area contributed by atoms with Gasteiger partial charge in [-0.1, -0.05) is 12.1 Å². The van der Waals surface area contributed by atoms with Crippen LogP contribution in [0.4, 0.5) is 4.39 Å². The van der Waals surface area contributed by atoms with Gasteiger partial charge in [0.2, 0.25) is 0 Å². The normalized spacial score (nSPS) is 11.7. The van der Waals surface area contributed by atoms with Crippen LogP contribution >= 0.6 is 0 Å². The second-order valence-corrected chi connectivity index (χ2v) is 6.95. The summed E-state index contributed by atoms with van der Waals surface area (Å²) in [4.78, 5) is 18.3. The molecule has 0 aliphatic heterocycles. The van der Waals surface area contributed by atoms with E-state index in [1.54, 1.807) is 12.3 Å². The molecule has 1 aromatic carbocycles. The molecule has 0 radical (unpaired) electrons. The highest BCUT2D eigenvalue weighted by Gasteiger charge is 2.13. The molecule has 0 spiro atoms. The number of rotatable bonds is 3. The maximum Gasteiger partial charge on any atom is 0.149 e. The van der Waals surface area contributed by atoms with Crippen molar-refractivity contribution in [2.75, 3.05) is 0 Å². The molecule has 0 fully saturated rings. The van der Waals surface area contributed by atoms with Gasteiger partial charge >= 0.3 is 0 Å². The Hall–Kier alpha value is -3.41. The third-order valence-corrected chi connectivity index (χ3v) is 5.21. The zero-order chi connectivity index (χ0) is 19.3. The average Bonchev–Trinajstić information content (AvgIpc) is 3.03. The second kappa shape index (κ2) is 6.34. The number of para-hydroxylation sites is 1. The number of fused-ring (bicyclic) bond motifs is 4. The predicted octanol–water partition coefficient (Wildman–Crippen LogP) is 4.37. The second-order valence-electron chi connectivity index (χ2n) is 6.95. The van der Waals surface area contributed by atoms with Gasteiger partial charge in [0.05, 0.1) is 11.2 Å². The van der Waals surface area contributed by atoms with Gasteiger partial charge in [-0.25, -0.2) is 19.3 Å². The molecule has 28 heavy (non-hydrogen) atoms. The van der Waals surface area contributed by atoms with Crippen LogP contribution in [-0.4, -0.2) is 24.3 Å². The van der Waals surface area contributed by atoms with E-state index < -0.39 is 0 Å². The first kappa shape index (κ1) is 16.7. The summed E-state index contributed by atoms with van der Waals surface area (Å²) in [5, 5.41) is 1.78. The summed E-state index contributed by atoms with van der Waals surface area (Å²) in [6.45, 7) is 3.95. The van der Waals surface area contributed by atoms with Crippen molar-refractivity contribution in [3.63, 3.8) is 0 Å². The Morgan fingerprint density at radius 2 is 1.79 bits per heavy atom. The summed E-state index contributed by atoms with van der Waals surface area (Å²) < 4.78 is 16.2. The van der Waals surface area contributed by atoms with Gasteiger partial charge in [0.15, 0.2) is 0 Å². The van der Waals surface area contributed by atoms with E-state index in [9.17, 15) is 4.39 Å². The van der Waals surface area contributed by atoms with Crippen molar-refractivity contribution >= 4 is 27.5 Å². The van der Waals surface area contributed by atoms with E-state index in [0.29, 0.717) is 24.2 Å². The molecule has 5 nitrogen and oxygen atoms in total. The highest BCUT2D eigenvalue weighted by atomic mass is 19.1. The van der Waals surface area contributed by atoms with Crippen molar-refractivity contribution in [1.82, 2.24) is 24.3 Å². The predicted molar refractivity (Wildman–Crippen MR) is 107 cm³/mol. The molecule has 0 unspecified atom stereocenters. The molecule has 0 saturated heterocycles. The molecule has 4 heterocycles. The Balaban J connectivity index is 1.52. The van der Waals surface area contributed by atoms with Crippen molar-refractivity contribution in [2.24, 2.45) is 0 Å². The molecule has 0 saturated carbocycles. The minimum Gasteiger partial charge on any atom is -0.303 e. The van der Waals surface area contributed by atoms with Crippen LogP contribution in [0.25, 0.3) is 27.5 Å². The van der Waals surface area contributed by atoms with Crippen LogP contribution in [0.1, 0.15) is 22.9 Å². The number of aromatic nitrogens is 5.